The monoisotopic (exact) mass is 368 g/mol. The van der Waals surface area contributed by atoms with E-state index in [-0.39, 0.29) is 0 Å². The van der Waals surface area contributed by atoms with Crippen molar-refractivity contribution in [3.05, 3.63) is 72.1 Å². The van der Waals surface area contributed by atoms with Crippen LogP contribution in [0, 0.1) is 6.92 Å². The lowest BCUT2D eigenvalue weighted by molar-refractivity contribution is 0.826. The van der Waals surface area contributed by atoms with Gasteiger partial charge < -0.3 is 0 Å². The highest BCUT2D eigenvalue weighted by molar-refractivity contribution is 6.43. The van der Waals surface area contributed by atoms with Gasteiger partial charge in [-0.25, -0.2) is 9.97 Å². The lowest BCUT2D eigenvalue weighted by Crippen LogP contribution is -2.06. The maximum absolute atomic E-state index is 6.14. The quantitative estimate of drug-likeness (QED) is 0.464. The molecular weight excluding hydrogens is 355 g/mol. The summed E-state index contributed by atoms with van der Waals surface area (Å²) < 4.78 is 1.60. The Kier molecular flexibility index (Phi) is 4.15. The van der Waals surface area contributed by atoms with Crippen LogP contribution >= 0.6 is 23.2 Å². The first-order valence-electron chi connectivity index (χ1n) is 7.80. The highest BCUT2D eigenvalue weighted by atomic mass is 35.5. The van der Waals surface area contributed by atoms with Crippen LogP contribution in [0.1, 0.15) is 16.2 Å². The van der Waals surface area contributed by atoms with Crippen molar-refractivity contribution in [3.8, 4) is 22.6 Å². The van der Waals surface area contributed by atoms with E-state index in [4.69, 9.17) is 23.2 Å². The lowest BCUT2D eigenvalue weighted by Gasteiger charge is -2.07. The van der Waals surface area contributed by atoms with Crippen molar-refractivity contribution in [1.82, 2.24) is 19.6 Å². The minimum absolute atomic E-state index is 0.450. The molecule has 0 aliphatic rings. The van der Waals surface area contributed by atoms with Crippen LogP contribution in [-0.4, -0.2) is 19.6 Å². The molecule has 2 heterocycles. The second-order valence-corrected chi connectivity index (χ2v) is 6.83. The summed E-state index contributed by atoms with van der Waals surface area (Å²) in [7, 11) is 0. The van der Waals surface area contributed by atoms with Crippen LogP contribution in [0.5, 0.6) is 0 Å². The number of aromatic nitrogens is 4. The van der Waals surface area contributed by atoms with Gasteiger partial charge in [0.05, 0.1) is 5.69 Å². The predicted octanol–water partition coefficient (Wildman–Crippen LogP) is 5.24. The van der Waals surface area contributed by atoms with Crippen molar-refractivity contribution in [2.24, 2.45) is 0 Å². The second kappa shape index (κ2) is 6.47. The van der Waals surface area contributed by atoms with Crippen LogP contribution in [0.15, 0.2) is 60.7 Å². The Balaban J connectivity index is 1.91. The molecule has 0 bridgehead atoms. The van der Waals surface area contributed by atoms with E-state index < -0.39 is 4.84 Å². The Bertz CT molecular complexity index is 1020. The average molecular weight is 369 g/mol. The zero-order chi connectivity index (χ0) is 17.4. The normalized spacial score (nSPS) is 11.4. The molecule has 0 saturated carbocycles. The van der Waals surface area contributed by atoms with Gasteiger partial charge in [0.15, 0.2) is 22.1 Å². The smallest absolute Gasteiger partial charge is 0.167 e. The number of nitrogens with zero attached hydrogens (tertiary/aromatic N) is 4. The fourth-order valence-electron chi connectivity index (χ4n) is 2.63. The molecule has 2 aromatic carbocycles. The first kappa shape index (κ1) is 16.1. The summed E-state index contributed by atoms with van der Waals surface area (Å²) in [6.07, 6.45) is 0. The molecule has 0 spiro atoms. The molecule has 0 unspecified atom stereocenters. The van der Waals surface area contributed by atoms with Crippen LogP contribution < -0.4 is 0 Å². The SMILES string of the molecule is Cc1ccc(-c2nc(C(Cl)Cl)n3nc(-c4ccccc4)cc3n2)cc1. The molecule has 0 amide bonds. The largest absolute Gasteiger partial charge is 0.210 e. The van der Waals surface area contributed by atoms with Crippen molar-refractivity contribution in [3.63, 3.8) is 0 Å². The molecule has 6 heteroatoms. The van der Waals surface area contributed by atoms with E-state index >= 15 is 0 Å². The number of halogens is 2. The van der Waals surface area contributed by atoms with E-state index in [1.807, 2.05) is 67.6 Å². The summed E-state index contributed by atoms with van der Waals surface area (Å²) in [5, 5.41) is 4.58. The Labute approximate surface area is 155 Å². The van der Waals surface area contributed by atoms with Gasteiger partial charge in [0.2, 0.25) is 0 Å². The summed E-state index contributed by atoms with van der Waals surface area (Å²) >= 11 is 12.3. The fraction of sp³-hybridized carbons (Fsp3) is 0.105. The third-order valence-electron chi connectivity index (χ3n) is 3.92. The van der Waals surface area contributed by atoms with E-state index in [9.17, 15) is 0 Å². The van der Waals surface area contributed by atoms with Gasteiger partial charge in [0.1, 0.15) is 0 Å². The van der Waals surface area contributed by atoms with Gasteiger partial charge in [-0.1, -0.05) is 83.4 Å². The molecule has 0 atom stereocenters. The molecule has 124 valence electrons. The van der Waals surface area contributed by atoms with Gasteiger partial charge in [-0.15, -0.1) is 0 Å². The van der Waals surface area contributed by atoms with E-state index in [2.05, 4.69) is 15.1 Å². The van der Waals surface area contributed by atoms with Crippen molar-refractivity contribution in [2.75, 3.05) is 0 Å². The highest BCUT2D eigenvalue weighted by Crippen LogP contribution is 2.28. The number of rotatable bonds is 3. The number of aryl methyl sites for hydroxylation is 1. The van der Waals surface area contributed by atoms with Gasteiger partial charge in [-0.2, -0.15) is 9.61 Å². The molecule has 0 fully saturated rings. The maximum Gasteiger partial charge on any atom is 0.167 e. The summed E-state index contributed by atoms with van der Waals surface area (Å²) in [4.78, 5) is 8.36. The molecule has 0 aliphatic heterocycles. The average Bonchev–Trinajstić information content (AvgIpc) is 3.06. The van der Waals surface area contributed by atoms with Crippen LogP contribution in [-0.2, 0) is 0 Å². The van der Waals surface area contributed by atoms with Crippen molar-refractivity contribution >= 4 is 28.8 Å². The Morgan fingerprint density at radius 2 is 1.60 bits per heavy atom. The summed E-state index contributed by atoms with van der Waals surface area (Å²) in [6, 6.07) is 19.8. The number of hydrogen-bond donors (Lipinski definition) is 0. The van der Waals surface area contributed by atoms with Gasteiger partial charge in [-0.3, -0.25) is 0 Å². The van der Waals surface area contributed by atoms with Crippen LogP contribution in [0.3, 0.4) is 0 Å². The minimum atomic E-state index is -0.807. The van der Waals surface area contributed by atoms with Crippen LogP contribution in [0.2, 0.25) is 0 Å². The molecule has 0 radical (unpaired) electrons. The summed E-state index contributed by atoms with van der Waals surface area (Å²) in [5.74, 6) is 1.03. The lowest BCUT2D eigenvalue weighted by atomic mass is 10.1. The zero-order valence-corrected chi connectivity index (χ0v) is 14.9. The highest BCUT2D eigenvalue weighted by Gasteiger charge is 2.17. The Morgan fingerprint density at radius 3 is 2.28 bits per heavy atom. The molecule has 0 aliphatic carbocycles. The standard InChI is InChI=1S/C19H14Cl2N4/c1-12-7-9-14(10-8-12)18-22-16-11-15(13-5-3-2-4-6-13)24-25(16)19(23-18)17(20)21/h2-11,17H,1H3. The molecule has 0 saturated heterocycles. The van der Waals surface area contributed by atoms with Gasteiger partial charge >= 0.3 is 0 Å². The molecular formula is C19H14Cl2N4. The maximum atomic E-state index is 6.14. The number of benzene rings is 2. The summed E-state index contributed by atoms with van der Waals surface area (Å²) in [6.45, 7) is 2.04. The topological polar surface area (TPSA) is 43.1 Å². The molecule has 25 heavy (non-hydrogen) atoms. The van der Waals surface area contributed by atoms with E-state index in [0.717, 1.165) is 16.8 Å². The van der Waals surface area contributed by atoms with Crippen molar-refractivity contribution in [2.45, 2.75) is 11.8 Å². The third kappa shape index (κ3) is 3.11. The predicted molar refractivity (Wildman–Crippen MR) is 101 cm³/mol. The zero-order valence-electron chi connectivity index (χ0n) is 13.4. The first-order valence-corrected chi connectivity index (χ1v) is 8.67. The van der Waals surface area contributed by atoms with Crippen LogP contribution in [0.25, 0.3) is 28.3 Å². The fourth-order valence-corrected chi connectivity index (χ4v) is 2.91. The number of fused-ring (bicyclic) bond motifs is 1. The molecule has 4 aromatic rings. The van der Waals surface area contributed by atoms with Crippen molar-refractivity contribution in [1.29, 1.82) is 0 Å². The molecule has 2 aromatic heterocycles. The van der Waals surface area contributed by atoms with E-state index in [0.29, 0.717) is 17.3 Å². The molecule has 4 nitrogen and oxygen atoms in total. The second-order valence-electron chi connectivity index (χ2n) is 5.74. The molecule has 4 rings (SSSR count). The Hall–Kier alpha value is -2.43. The number of hydrogen-bond acceptors (Lipinski definition) is 3. The third-order valence-corrected chi connectivity index (χ3v) is 4.31. The van der Waals surface area contributed by atoms with E-state index in [1.54, 1.807) is 4.52 Å². The first-order chi connectivity index (χ1) is 12.1. The van der Waals surface area contributed by atoms with Crippen molar-refractivity contribution < 1.29 is 0 Å². The van der Waals surface area contributed by atoms with Gasteiger partial charge in [0.25, 0.3) is 0 Å². The molecule has 0 N–H and O–H groups in total. The summed E-state index contributed by atoms with van der Waals surface area (Å²) in [5.41, 5.74) is 4.53. The van der Waals surface area contributed by atoms with E-state index in [1.165, 1.54) is 5.56 Å². The minimum Gasteiger partial charge on any atom is -0.210 e. The van der Waals surface area contributed by atoms with Gasteiger partial charge in [-0.05, 0) is 6.92 Å². The number of alkyl halides is 2. The van der Waals surface area contributed by atoms with Crippen LogP contribution in [0.4, 0.5) is 0 Å². The van der Waals surface area contributed by atoms with Gasteiger partial charge in [0, 0.05) is 17.2 Å². The Morgan fingerprint density at radius 1 is 0.880 bits per heavy atom.